The number of methoxy groups -OCH3 is 1. The summed E-state index contributed by atoms with van der Waals surface area (Å²) in [4.78, 5) is 0. The Morgan fingerprint density at radius 3 is 2.52 bits per heavy atom. The molecule has 1 N–H and O–H groups in total. The van der Waals surface area contributed by atoms with Gasteiger partial charge in [0.1, 0.15) is 19.8 Å². The number of rotatable bonds is 8. The van der Waals surface area contributed by atoms with Gasteiger partial charge in [0.15, 0.2) is 23.0 Å². The maximum Gasteiger partial charge on any atom is 0.175 e. The van der Waals surface area contributed by atoms with Crippen LogP contribution in [0.1, 0.15) is 29.7 Å². The van der Waals surface area contributed by atoms with Crippen molar-refractivity contribution >= 4 is 15.9 Å². The van der Waals surface area contributed by atoms with Crippen molar-refractivity contribution < 1.29 is 18.9 Å². The van der Waals surface area contributed by atoms with Crippen molar-refractivity contribution in [3.8, 4) is 23.0 Å². The Morgan fingerprint density at radius 2 is 1.74 bits per heavy atom. The third-order valence-electron chi connectivity index (χ3n) is 5.19. The maximum atomic E-state index is 6.10. The van der Waals surface area contributed by atoms with Gasteiger partial charge in [-0.25, -0.2) is 0 Å². The van der Waals surface area contributed by atoms with Crippen molar-refractivity contribution in [2.24, 2.45) is 0 Å². The third kappa shape index (κ3) is 5.32. The molecule has 162 valence electrons. The molecular formula is C25H26BrNO4. The van der Waals surface area contributed by atoms with Gasteiger partial charge in [-0.2, -0.15) is 0 Å². The van der Waals surface area contributed by atoms with Crippen molar-refractivity contribution in [3.05, 3.63) is 81.8 Å². The number of nitrogens with one attached hydrogen (secondary N) is 1. The van der Waals surface area contributed by atoms with Crippen LogP contribution < -0.4 is 24.3 Å². The lowest BCUT2D eigenvalue weighted by Gasteiger charge is -2.19. The lowest BCUT2D eigenvalue weighted by molar-refractivity contribution is 0.171. The summed E-state index contributed by atoms with van der Waals surface area (Å²) in [6, 6.07) is 20.6. The summed E-state index contributed by atoms with van der Waals surface area (Å²) in [7, 11) is 1.66. The molecule has 0 fully saturated rings. The van der Waals surface area contributed by atoms with Gasteiger partial charge in [-0.15, -0.1) is 0 Å². The van der Waals surface area contributed by atoms with Crippen molar-refractivity contribution in [2.75, 3.05) is 20.3 Å². The molecule has 0 bridgehead atoms. The van der Waals surface area contributed by atoms with Crippen LogP contribution in [0.5, 0.6) is 23.0 Å². The Kier molecular flexibility index (Phi) is 6.99. The van der Waals surface area contributed by atoms with Crippen LogP contribution in [0.15, 0.2) is 65.1 Å². The molecule has 1 aliphatic rings. The van der Waals surface area contributed by atoms with E-state index in [0.717, 1.165) is 27.1 Å². The molecule has 3 aromatic carbocycles. The first-order chi connectivity index (χ1) is 15.1. The van der Waals surface area contributed by atoms with E-state index in [1.807, 2.05) is 30.3 Å². The SMILES string of the molecule is COc1cc(CNC(C)c2ccccc2)cc(Br)c1OCc1ccc2c(c1)OCCO2. The second-order valence-electron chi connectivity index (χ2n) is 7.39. The minimum Gasteiger partial charge on any atom is -0.493 e. The molecule has 6 heteroatoms. The number of ether oxygens (including phenoxy) is 4. The molecule has 0 saturated heterocycles. The minimum absolute atomic E-state index is 0.247. The first-order valence-corrected chi connectivity index (χ1v) is 11.1. The average molecular weight is 484 g/mol. The normalized spacial score (nSPS) is 13.5. The van der Waals surface area contributed by atoms with E-state index in [0.29, 0.717) is 37.9 Å². The second kappa shape index (κ2) is 10.1. The van der Waals surface area contributed by atoms with Gasteiger partial charge in [-0.1, -0.05) is 36.4 Å². The van der Waals surface area contributed by atoms with Gasteiger partial charge in [0.25, 0.3) is 0 Å². The molecule has 0 spiro atoms. The fraction of sp³-hybridized carbons (Fsp3) is 0.280. The van der Waals surface area contributed by atoms with Gasteiger partial charge in [-0.05, 0) is 63.8 Å². The van der Waals surface area contributed by atoms with Gasteiger partial charge in [0.2, 0.25) is 0 Å². The van der Waals surface area contributed by atoms with Crippen molar-refractivity contribution in [1.29, 1.82) is 0 Å². The Labute approximate surface area is 191 Å². The molecule has 1 unspecified atom stereocenters. The first-order valence-electron chi connectivity index (χ1n) is 10.3. The summed E-state index contributed by atoms with van der Waals surface area (Å²) in [6.45, 7) is 4.42. The fourth-order valence-electron chi connectivity index (χ4n) is 3.48. The molecule has 5 nitrogen and oxygen atoms in total. The Bertz CT molecular complexity index is 1030. The number of halogens is 1. The molecule has 31 heavy (non-hydrogen) atoms. The van der Waals surface area contributed by atoms with Crippen molar-refractivity contribution in [1.82, 2.24) is 5.32 Å². The van der Waals surface area contributed by atoms with Gasteiger partial charge < -0.3 is 24.3 Å². The summed E-state index contributed by atoms with van der Waals surface area (Å²) in [5.41, 5.74) is 3.37. The van der Waals surface area contributed by atoms with E-state index in [-0.39, 0.29) is 6.04 Å². The highest BCUT2D eigenvalue weighted by Gasteiger charge is 2.15. The zero-order chi connectivity index (χ0) is 21.6. The number of benzene rings is 3. The zero-order valence-corrected chi connectivity index (χ0v) is 19.3. The molecule has 1 atom stereocenters. The summed E-state index contributed by atoms with van der Waals surface area (Å²) in [5.74, 6) is 2.90. The number of fused-ring (bicyclic) bond motifs is 1. The summed E-state index contributed by atoms with van der Waals surface area (Å²) in [6.07, 6.45) is 0. The van der Waals surface area contributed by atoms with Gasteiger partial charge >= 0.3 is 0 Å². The molecule has 3 aromatic rings. The third-order valence-corrected chi connectivity index (χ3v) is 5.78. The second-order valence-corrected chi connectivity index (χ2v) is 8.24. The summed E-state index contributed by atoms with van der Waals surface area (Å²) < 4.78 is 23.8. The molecule has 4 rings (SSSR count). The van der Waals surface area contributed by atoms with Gasteiger partial charge in [-0.3, -0.25) is 0 Å². The predicted molar refractivity (Wildman–Crippen MR) is 124 cm³/mol. The maximum absolute atomic E-state index is 6.10. The Hall–Kier alpha value is -2.70. The lowest BCUT2D eigenvalue weighted by Crippen LogP contribution is -2.18. The van der Waals surface area contributed by atoms with E-state index in [4.69, 9.17) is 18.9 Å². The molecule has 1 heterocycles. The van der Waals surface area contributed by atoms with E-state index in [9.17, 15) is 0 Å². The molecule has 1 aliphatic heterocycles. The Balaban J connectivity index is 1.42. The lowest BCUT2D eigenvalue weighted by atomic mass is 10.1. The topological polar surface area (TPSA) is 49.0 Å². The molecule has 0 aliphatic carbocycles. The number of hydrogen-bond acceptors (Lipinski definition) is 5. The summed E-state index contributed by atoms with van der Waals surface area (Å²) in [5, 5.41) is 3.56. The average Bonchev–Trinajstić information content (AvgIpc) is 2.81. The van der Waals surface area contributed by atoms with Crippen LogP contribution in [0, 0.1) is 0 Å². The summed E-state index contributed by atoms with van der Waals surface area (Å²) >= 11 is 3.65. The highest BCUT2D eigenvalue weighted by Crippen LogP contribution is 2.38. The minimum atomic E-state index is 0.247. The van der Waals surface area contributed by atoms with Crippen LogP contribution in [0.2, 0.25) is 0 Å². The quantitative estimate of drug-likeness (QED) is 0.447. The van der Waals surface area contributed by atoms with Crippen molar-refractivity contribution in [3.63, 3.8) is 0 Å². The highest BCUT2D eigenvalue weighted by atomic mass is 79.9. The highest BCUT2D eigenvalue weighted by molar-refractivity contribution is 9.10. The van der Waals surface area contributed by atoms with Crippen LogP contribution >= 0.6 is 15.9 Å². The molecule has 0 amide bonds. The van der Waals surface area contributed by atoms with Gasteiger partial charge in [0.05, 0.1) is 11.6 Å². The van der Waals surface area contributed by atoms with Crippen LogP contribution in [0.25, 0.3) is 0 Å². The molecular weight excluding hydrogens is 458 g/mol. The van der Waals surface area contributed by atoms with E-state index >= 15 is 0 Å². The number of hydrogen-bond donors (Lipinski definition) is 1. The van der Waals surface area contributed by atoms with Gasteiger partial charge in [0, 0.05) is 12.6 Å². The van der Waals surface area contributed by atoms with Crippen molar-refractivity contribution in [2.45, 2.75) is 26.1 Å². The standard InChI is InChI=1S/C25H26BrNO4/c1-17(20-6-4-3-5-7-20)27-15-19-12-21(26)25(24(14-19)28-2)31-16-18-8-9-22-23(13-18)30-11-10-29-22/h3-9,12-14,17,27H,10-11,15-16H2,1-2H3. The zero-order valence-electron chi connectivity index (χ0n) is 17.7. The van der Waals surface area contributed by atoms with Crippen LogP contribution in [-0.2, 0) is 13.2 Å². The predicted octanol–water partition coefficient (Wildman–Crippen LogP) is 5.66. The van der Waals surface area contributed by atoms with E-state index < -0.39 is 0 Å². The smallest absolute Gasteiger partial charge is 0.175 e. The molecule has 0 aromatic heterocycles. The fourth-order valence-corrected chi connectivity index (χ4v) is 4.08. The Morgan fingerprint density at radius 1 is 0.968 bits per heavy atom. The molecule has 0 radical (unpaired) electrons. The van der Waals surface area contributed by atoms with E-state index in [1.165, 1.54) is 5.56 Å². The largest absolute Gasteiger partial charge is 0.493 e. The van der Waals surface area contributed by atoms with Crippen LogP contribution in [-0.4, -0.2) is 20.3 Å². The van der Waals surface area contributed by atoms with Crippen LogP contribution in [0.3, 0.4) is 0 Å². The van der Waals surface area contributed by atoms with Crippen LogP contribution in [0.4, 0.5) is 0 Å². The molecule has 0 saturated carbocycles. The first kappa shape index (κ1) is 21.5. The van der Waals surface area contributed by atoms with E-state index in [2.05, 4.69) is 58.5 Å². The monoisotopic (exact) mass is 483 g/mol. The van der Waals surface area contributed by atoms with E-state index in [1.54, 1.807) is 7.11 Å².